The maximum Gasteiger partial charge on any atom is 0.290 e. The van der Waals surface area contributed by atoms with Crippen molar-refractivity contribution in [2.75, 3.05) is 19.8 Å². The van der Waals surface area contributed by atoms with E-state index >= 15 is 0 Å². The van der Waals surface area contributed by atoms with E-state index in [-0.39, 0.29) is 18.2 Å². The molecule has 3 heterocycles. The third-order valence-electron chi connectivity index (χ3n) is 4.46. The molecule has 1 aromatic heterocycles. The Morgan fingerprint density at radius 1 is 1.17 bits per heavy atom. The molecule has 5 nitrogen and oxygen atoms in total. The van der Waals surface area contributed by atoms with E-state index in [1.807, 2.05) is 4.90 Å². The highest BCUT2D eigenvalue weighted by atomic mass is 35.5. The first-order chi connectivity index (χ1) is 11.2. The van der Waals surface area contributed by atoms with Crippen LogP contribution in [0.25, 0.3) is 11.0 Å². The van der Waals surface area contributed by atoms with E-state index in [2.05, 4.69) is 0 Å². The zero-order valence-corrected chi connectivity index (χ0v) is 13.4. The van der Waals surface area contributed by atoms with Crippen LogP contribution in [0.1, 0.15) is 29.8 Å². The third-order valence-corrected chi connectivity index (χ3v) is 4.70. The maximum atomic E-state index is 12.9. The van der Waals surface area contributed by atoms with Crippen molar-refractivity contribution in [1.29, 1.82) is 0 Å². The Bertz CT molecular complexity index is 722. The molecule has 0 N–H and O–H groups in total. The van der Waals surface area contributed by atoms with E-state index in [4.69, 9.17) is 25.5 Å². The van der Waals surface area contributed by atoms with E-state index in [1.165, 1.54) is 0 Å². The molecule has 1 amide bonds. The molecule has 1 aromatic carbocycles. The lowest BCUT2D eigenvalue weighted by Gasteiger charge is -2.37. The summed E-state index contributed by atoms with van der Waals surface area (Å²) in [4.78, 5) is 14.7. The molecule has 122 valence electrons. The van der Waals surface area contributed by atoms with Crippen LogP contribution in [0.15, 0.2) is 28.7 Å². The van der Waals surface area contributed by atoms with E-state index in [1.54, 1.807) is 24.3 Å². The zero-order chi connectivity index (χ0) is 15.8. The van der Waals surface area contributed by atoms with E-state index < -0.39 is 0 Å². The number of ether oxygens (including phenoxy) is 2. The van der Waals surface area contributed by atoms with Crippen molar-refractivity contribution in [2.24, 2.45) is 0 Å². The average molecular weight is 336 g/mol. The minimum absolute atomic E-state index is 0.0458. The van der Waals surface area contributed by atoms with E-state index in [0.29, 0.717) is 36.1 Å². The number of carbonyl (C=O) groups excluding carboxylic acids is 1. The number of furan rings is 1. The lowest BCUT2D eigenvalue weighted by atomic mass is 10.0. The molecule has 0 unspecified atom stereocenters. The van der Waals surface area contributed by atoms with Gasteiger partial charge in [0.15, 0.2) is 12.1 Å². The summed E-state index contributed by atoms with van der Waals surface area (Å²) in [5.74, 6) is 0.230. The molecule has 2 aromatic rings. The first-order valence-electron chi connectivity index (χ1n) is 7.96. The Balaban J connectivity index is 1.62. The standard InChI is InChI=1S/C17H18ClNO4/c18-12-4-5-14-11(9-12)10-15(23-14)16(20)19-6-2-1-3-13(19)17-21-7-8-22-17/h4-5,9-10,13,17H,1-3,6-8H2/t13-/m1/s1. The number of fused-ring (bicyclic) bond motifs is 1. The topological polar surface area (TPSA) is 51.9 Å². The smallest absolute Gasteiger partial charge is 0.290 e. The Labute approximate surface area is 139 Å². The molecule has 0 spiro atoms. The Morgan fingerprint density at radius 3 is 2.83 bits per heavy atom. The van der Waals surface area contributed by atoms with Crippen LogP contribution in [0.3, 0.4) is 0 Å². The van der Waals surface area contributed by atoms with Gasteiger partial charge < -0.3 is 18.8 Å². The number of halogens is 1. The van der Waals surface area contributed by atoms with Crippen molar-refractivity contribution in [3.63, 3.8) is 0 Å². The summed E-state index contributed by atoms with van der Waals surface area (Å²) in [6.45, 7) is 1.88. The molecule has 0 saturated carbocycles. The van der Waals surface area contributed by atoms with Crippen LogP contribution in [-0.4, -0.2) is 42.9 Å². The second-order valence-electron chi connectivity index (χ2n) is 5.96. The van der Waals surface area contributed by atoms with Gasteiger partial charge >= 0.3 is 0 Å². The highest BCUT2D eigenvalue weighted by Crippen LogP contribution is 2.28. The number of benzene rings is 1. The number of piperidine rings is 1. The van der Waals surface area contributed by atoms with Gasteiger partial charge in [0.25, 0.3) is 5.91 Å². The van der Waals surface area contributed by atoms with E-state index in [9.17, 15) is 4.79 Å². The molecule has 0 radical (unpaired) electrons. The lowest BCUT2D eigenvalue weighted by molar-refractivity contribution is -0.100. The average Bonchev–Trinajstić information content (AvgIpc) is 3.23. The second kappa shape index (κ2) is 6.15. The summed E-state index contributed by atoms with van der Waals surface area (Å²) in [6, 6.07) is 7.05. The normalized spacial score (nSPS) is 22.8. The second-order valence-corrected chi connectivity index (χ2v) is 6.40. The molecule has 0 aliphatic carbocycles. The first-order valence-corrected chi connectivity index (χ1v) is 8.33. The summed E-state index contributed by atoms with van der Waals surface area (Å²) in [5.41, 5.74) is 0.666. The summed E-state index contributed by atoms with van der Waals surface area (Å²) < 4.78 is 17.0. The monoisotopic (exact) mass is 335 g/mol. The van der Waals surface area contributed by atoms with Gasteiger partial charge in [0.2, 0.25) is 0 Å². The first kappa shape index (κ1) is 15.0. The largest absolute Gasteiger partial charge is 0.451 e. The molecule has 2 aliphatic rings. The lowest BCUT2D eigenvalue weighted by Crippen LogP contribution is -2.50. The number of likely N-dealkylation sites (tertiary alicyclic amines) is 1. The van der Waals surface area contributed by atoms with Gasteiger partial charge in [-0.25, -0.2) is 0 Å². The van der Waals surface area contributed by atoms with Crippen molar-refractivity contribution in [2.45, 2.75) is 31.6 Å². The summed E-state index contributed by atoms with van der Waals surface area (Å²) in [5, 5.41) is 1.46. The minimum Gasteiger partial charge on any atom is -0.451 e. The SMILES string of the molecule is O=C(c1cc2cc(Cl)ccc2o1)N1CCCC[C@@H]1C1OCCO1. The van der Waals surface area contributed by atoms with Crippen LogP contribution in [0, 0.1) is 0 Å². The Morgan fingerprint density at radius 2 is 2.00 bits per heavy atom. The number of amides is 1. The van der Waals surface area contributed by atoms with Crippen LogP contribution < -0.4 is 0 Å². The van der Waals surface area contributed by atoms with Crippen molar-refractivity contribution < 1.29 is 18.7 Å². The van der Waals surface area contributed by atoms with Crippen molar-refractivity contribution in [1.82, 2.24) is 4.90 Å². The number of rotatable bonds is 2. The summed E-state index contributed by atoms with van der Waals surface area (Å²) in [6.07, 6.45) is 2.63. The van der Waals surface area contributed by atoms with Crippen LogP contribution in [0.4, 0.5) is 0 Å². The number of carbonyl (C=O) groups is 1. The summed E-state index contributed by atoms with van der Waals surface area (Å²) in [7, 11) is 0. The predicted molar refractivity (Wildman–Crippen MR) is 85.6 cm³/mol. The minimum atomic E-state index is -0.321. The third kappa shape index (κ3) is 2.84. The van der Waals surface area contributed by atoms with Crippen molar-refractivity contribution in [3.05, 3.63) is 35.0 Å². The number of hydrogen-bond acceptors (Lipinski definition) is 4. The highest BCUT2D eigenvalue weighted by molar-refractivity contribution is 6.31. The van der Waals surface area contributed by atoms with E-state index in [0.717, 1.165) is 24.6 Å². The zero-order valence-electron chi connectivity index (χ0n) is 12.7. The quantitative estimate of drug-likeness (QED) is 0.843. The fourth-order valence-electron chi connectivity index (χ4n) is 3.35. The molecule has 1 atom stereocenters. The van der Waals surface area contributed by atoms with Crippen molar-refractivity contribution in [3.8, 4) is 0 Å². The fraction of sp³-hybridized carbons (Fsp3) is 0.471. The highest BCUT2D eigenvalue weighted by Gasteiger charge is 2.37. The fourth-order valence-corrected chi connectivity index (χ4v) is 3.53. The molecule has 2 aliphatic heterocycles. The molecule has 0 bridgehead atoms. The van der Waals surface area contributed by atoms with Gasteiger partial charge in [-0.3, -0.25) is 4.79 Å². The Hall–Kier alpha value is -1.56. The molecule has 2 saturated heterocycles. The number of nitrogens with zero attached hydrogens (tertiary/aromatic N) is 1. The van der Waals surface area contributed by atoms with Crippen LogP contribution in [0.2, 0.25) is 5.02 Å². The number of hydrogen-bond donors (Lipinski definition) is 0. The van der Waals surface area contributed by atoms with Gasteiger partial charge in [0.05, 0.1) is 19.3 Å². The van der Waals surface area contributed by atoms with Crippen molar-refractivity contribution >= 4 is 28.5 Å². The van der Waals surface area contributed by atoms with Crippen LogP contribution in [-0.2, 0) is 9.47 Å². The van der Waals surface area contributed by atoms with Gasteiger partial charge in [-0.05, 0) is 43.5 Å². The van der Waals surface area contributed by atoms with Gasteiger partial charge in [-0.2, -0.15) is 0 Å². The molecule has 4 rings (SSSR count). The maximum absolute atomic E-state index is 12.9. The molecule has 6 heteroatoms. The van der Waals surface area contributed by atoms with Gasteiger partial charge in [0, 0.05) is 17.0 Å². The molecule has 2 fully saturated rings. The Kier molecular flexibility index (Phi) is 4.01. The van der Waals surface area contributed by atoms with Crippen LogP contribution in [0.5, 0.6) is 0 Å². The van der Waals surface area contributed by atoms with Gasteiger partial charge in [0.1, 0.15) is 5.58 Å². The summed E-state index contributed by atoms with van der Waals surface area (Å²) >= 11 is 6.00. The molecular weight excluding hydrogens is 318 g/mol. The predicted octanol–water partition coefficient (Wildman–Crippen LogP) is 3.45. The molecular formula is C17H18ClNO4. The van der Waals surface area contributed by atoms with Gasteiger partial charge in [-0.1, -0.05) is 11.6 Å². The molecule has 23 heavy (non-hydrogen) atoms. The van der Waals surface area contributed by atoms with Crippen LogP contribution >= 0.6 is 11.6 Å². The van der Waals surface area contributed by atoms with Gasteiger partial charge in [-0.15, -0.1) is 0 Å².